The Morgan fingerprint density at radius 3 is 2.73 bits per heavy atom. The lowest BCUT2D eigenvalue weighted by molar-refractivity contribution is -0.608. The van der Waals surface area contributed by atoms with Crippen molar-refractivity contribution in [2.45, 2.75) is 6.42 Å². The molecule has 4 aromatic rings. The van der Waals surface area contributed by atoms with Crippen LogP contribution in [-0.4, -0.2) is 20.5 Å². The number of aryl methyl sites for hydroxylation is 1. The lowest BCUT2D eigenvalue weighted by Gasteiger charge is -2.07. The molecule has 2 heterocycles. The third kappa shape index (κ3) is 2.93. The van der Waals surface area contributed by atoms with Gasteiger partial charge in [-0.15, -0.1) is 9.78 Å². The molecule has 0 atom stereocenters. The summed E-state index contributed by atoms with van der Waals surface area (Å²) in [7, 11) is 1.96. The van der Waals surface area contributed by atoms with Crippen molar-refractivity contribution in [3.63, 3.8) is 0 Å². The molecule has 26 heavy (non-hydrogen) atoms. The van der Waals surface area contributed by atoms with Crippen molar-refractivity contribution < 1.29 is 4.68 Å². The molecule has 0 aliphatic heterocycles. The Balaban J connectivity index is 1.65. The van der Waals surface area contributed by atoms with E-state index in [0.29, 0.717) is 18.1 Å². The largest absolute Gasteiger partial charge is 0.334 e. The van der Waals surface area contributed by atoms with E-state index >= 15 is 0 Å². The average Bonchev–Trinajstić information content (AvgIpc) is 3.03. The molecule has 0 fully saturated rings. The van der Waals surface area contributed by atoms with E-state index in [4.69, 9.17) is 11.1 Å². The first-order valence-corrected chi connectivity index (χ1v) is 8.34. The van der Waals surface area contributed by atoms with Gasteiger partial charge in [0.15, 0.2) is 0 Å². The van der Waals surface area contributed by atoms with E-state index < -0.39 is 0 Å². The number of benzene rings is 2. The van der Waals surface area contributed by atoms with Gasteiger partial charge >= 0.3 is 0 Å². The summed E-state index contributed by atoms with van der Waals surface area (Å²) in [6.45, 7) is 0. The second kappa shape index (κ2) is 6.40. The zero-order chi connectivity index (χ0) is 18.1. The fourth-order valence-corrected chi connectivity index (χ4v) is 2.96. The Hall–Kier alpha value is -3.54. The summed E-state index contributed by atoms with van der Waals surface area (Å²) >= 11 is 0. The van der Waals surface area contributed by atoms with Gasteiger partial charge in [-0.1, -0.05) is 36.4 Å². The van der Waals surface area contributed by atoms with Crippen molar-refractivity contribution >= 4 is 22.7 Å². The van der Waals surface area contributed by atoms with Crippen LogP contribution >= 0.6 is 0 Å². The Labute approximate surface area is 151 Å². The summed E-state index contributed by atoms with van der Waals surface area (Å²) in [5, 5.41) is 13.0. The molecule has 0 saturated carbocycles. The highest BCUT2D eigenvalue weighted by Gasteiger charge is 2.15. The lowest BCUT2D eigenvalue weighted by atomic mass is 10.1. The Morgan fingerprint density at radius 1 is 1.12 bits per heavy atom. The van der Waals surface area contributed by atoms with Gasteiger partial charge in [0, 0.05) is 18.7 Å². The molecular formula is C20H19N6+. The van der Waals surface area contributed by atoms with Crippen molar-refractivity contribution in [1.82, 2.24) is 14.6 Å². The molecule has 4 rings (SSSR count). The molecule has 3 N–H and O–H groups in total. The van der Waals surface area contributed by atoms with E-state index in [1.165, 1.54) is 4.68 Å². The first kappa shape index (κ1) is 16.0. The fraction of sp³-hybridized carbons (Fsp3) is 0.100. The van der Waals surface area contributed by atoms with Crippen LogP contribution in [0.3, 0.4) is 0 Å². The van der Waals surface area contributed by atoms with Gasteiger partial charge in [-0.3, -0.25) is 0 Å². The number of rotatable bonds is 3. The summed E-state index contributed by atoms with van der Waals surface area (Å²) in [5.74, 6) is 0.762. The molecule has 6 nitrogen and oxygen atoms in total. The summed E-state index contributed by atoms with van der Waals surface area (Å²) in [6.07, 6.45) is 2.22. The van der Waals surface area contributed by atoms with Crippen LogP contribution in [0.25, 0.3) is 22.3 Å². The van der Waals surface area contributed by atoms with Crippen LogP contribution in [0.15, 0.2) is 67.0 Å². The number of anilines is 1. The molecule has 128 valence electrons. The molecule has 2 aromatic heterocycles. The van der Waals surface area contributed by atoms with Crippen LogP contribution in [-0.2, 0) is 13.5 Å². The maximum Gasteiger partial charge on any atom is 0.258 e. The van der Waals surface area contributed by atoms with Crippen LogP contribution in [0.2, 0.25) is 0 Å². The van der Waals surface area contributed by atoms with E-state index in [1.807, 2.05) is 60.1 Å². The molecular weight excluding hydrogens is 324 g/mol. The summed E-state index contributed by atoms with van der Waals surface area (Å²) < 4.78 is 3.47. The smallest absolute Gasteiger partial charge is 0.258 e. The van der Waals surface area contributed by atoms with E-state index in [0.717, 1.165) is 27.9 Å². The Kier molecular flexibility index (Phi) is 3.93. The third-order valence-electron chi connectivity index (χ3n) is 4.35. The minimum atomic E-state index is 0.321. The SMILES string of the molecule is Cn1cnc2ccc(CC(=N)[n+]3nc(-c4ccccc4)ccc3N)cc21. The number of hydrogen-bond donors (Lipinski definition) is 2. The molecule has 0 aliphatic rings. The zero-order valence-corrected chi connectivity index (χ0v) is 14.4. The second-order valence-corrected chi connectivity index (χ2v) is 6.22. The van der Waals surface area contributed by atoms with Crippen molar-refractivity contribution in [3.8, 4) is 11.3 Å². The fourth-order valence-electron chi connectivity index (χ4n) is 2.96. The van der Waals surface area contributed by atoms with Crippen molar-refractivity contribution in [3.05, 3.63) is 72.6 Å². The molecule has 0 spiro atoms. The van der Waals surface area contributed by atoms with Gasteiger partial charge in [0.25, 0.3) is 5.84 Å². The zero-order valence-electron chi connectivity index (χ0n) is 14.4. The van der Waals surface area contributed by atoms with Crippen molar-refractivity contribution in [1.29, 1.82) is 5.41 Å². The molecule has 2 aromatic carbocycles. The van der Waals surface area contributed by atoms with Gasteiger partial charge in [0.05, 0.1) is 23.8 Å². The predicted octanol–water partition coefficient (Wildman–Crippen LogP) is 2.57. The van der Waals surface area contributed by atoms with E-state index in [9.17, 15) is 0 Å². The van der Waals surface area contributed by atoms with Gasteiger partial charge in [-0.05, 0) is 23.8 Å². The maximum absolute atomic E-state index is 8.49. The van der Waals surface area contributed by atoms with Gasteiger partial charge in [-0.2, -0.15) is 5.41 Å². The van der Waals surface area contributed by atoms with Crippen molar-refractivity contribution in [2.24, 2.45) is 7.05 Å². The van der Waals surface area contributed by atoms with E-state index in [1.54, 1.807) is 12.4 Å². The number of nitrogens with two attached hydrogens (primary N) is 1. The summed E-state index contributed by atoms with van der Waals surface area (Å²) in [4.78, 5) is 4.33. The molecule has 0 saturated heterocycles. The minimum absolute atomic E-state index is 0.321. The predicted molar refractivity (Wildman–Crippen MR) is 102 cm³/mol. The molecule has 0 bridgehead atoms. The first-order chi connectivity index (χ1) is 12.6. The van der Waals surface area contributed by atoms with Crippen LogP contribution in [0.4, 0.5) is 5.82 Å². The number of aromatic nitrogens is 4. The first-order valence-electron chi connectivity index (χ1n) is 8.34. The quantitative estimate of drug-likeness (QED) is 0.341. The van der Waals surface area contributed by atoms with Gasteiger partial charge < -0.3 is 10.3 Å². The molecule has 0 aliphatic carbocycles. The molecule has 0 amide bonds. The number of nitrogen functional groups attached to an aromatic ring is 1. The number of fused-ring (bicyclic) bond motifs is 1. The highest BCUT2D eigenvalue weighted by Crippen LogP contribution is 2.16. The van der Waals surface area contributed by atoms with Gasteiger partial charge in [0.2, 0.25) is 5.82 Å². The lowest BCUT2D eigenvalue weighted by Crippen LogP contribution is -2.49. The van der Waals surface area contributed by atoms with E-state index in [2.05, 4.69) is 16.1 Å². The Bertz CT molecular complexity index is 1100. The maximum atomic E-state index is 8.49. The topological polar surface area (TPSA) is 84.5 Å². The normalized spacial score (nSPS) is 11.0. The second-order valence-electron chi connectivity index (χ2n) is 6.22. The highest BCUT2D eigenvalue weighted by atomic mass is 15.3. The highest BCUT2D eigenvalue weighted by molar-refractivity contribution is 5.79. The average molecular weight is 343 g/mol. The number of nitrogens with zero attached hydrogens (tertiary/aromatic N) is 4. The van der Waals surface area contributed by atoms with Crippen molar-refractivity contribution in [2.75, 3.05) is 5.73 Å². The van der Waals surface area contributed by atoms with Crippen LogP contribution in [0, 0.1) is 5.41 Å². The van der Waals surface area contributed by atoms with Crippen LogP contribution < -0.4 is 10.4 Å². The van der Waals surface area contributed by atoms with E-state index in [-0.39, 0.29) is 0 Å². The van der Waals surface area contributed by atoms with Crippen LogP contribution in [0.1, 0.15) is 5.56 Å². The monoisotopic (exact) mass is 343 g/mol. The van der Waals surface area contributed by atoms with Crippen LogP contribution in [0.5, 0.6) is 0 Å². The standard InChI is InChI=1S/C20H18N6/c1-25-13-23-17-8-7-14(11-18(17)25)12-20(22)26-19(21)10-9-16(24-26)15-5-3-2-4-6-15/h2-11,13,21-22H,12H2,1H3/p+1. The molecule has 0 unspecified atom stereocenters. The Morgan fingerprint density at radius 2 is 1.92 bits per heavy atom. The molecule has 6 heteroatoms. The number of imidazole rings is 1. The van der Waals surface area contributed by atoms with Gasteiger partial charge in [-0.25, -0.2) is 4.98 Å². The number of hydrogen-bond acceptors (Lipinski definition) is 4. The third-order valence-corrected chi connectivity index (χ3v) is 4.35. The summed E-state index contributed by atoms with van der Waals surface area (Å²) in [6, 6.07) is 19.5. The molecule has 0 radical (unpaired) electrons. The van der Waals surface area contributed by atoms with Gasteiger partial charge in [0.1, 0.15) is 5.69 Å². The summed E-state index contributed by atoms with van der Waals surface area (Å²) in [5.41, 5.74) is 10.8. The minimum Gasteiger partial charge on any atom is -0.334 e. The number of nitrogens with one attached hydrogen (secondary N) is 1.